The van der Waals surface area contributed by atoms with E-state index in [0.717, 1.165) is 0 Å². The van der Waals surface area contributed by atoms with Gasteiger partial charge in [0.25, 0.3) is 11.8 Å². The standard InChI is InChI=1S/C21H25ClN2O6/c1-6-29-16-8-7-13(10-17(16)27-4)20(25)23-24-21(26)14-9-15(22)19(30-12(2)3)18(11-14)28-5/h7-12H,6H2,1-5H3,(H,23,25)(H,24,26). The van der Waals surface area contributed by atoms with Crippen LogP contribution in [-0.2, 0) is 0 Å². The fourth-order valence-corrected chi connectivity index (χ4v) is 2.80. The second-order valence-electron chi connectivity index (χ2n) is 6.36. The van der Waals surface area contributed by atoms with Crippen LogP contribution in [0.5, 0.6) is 23.0 Å². The molecule has 2 N–H and O–H groups in total. The first-order valence-corrected chi connectivity index (χ1v) is 9.64. The molecule has 0 bridgehead atoms. The molecule has 0 aliphatic rings. The number of carbonyl (C=O) groups excluding carboxylic acids is 2. The highest BCUT2D eigenvalue weighted by atomic mass is 35.5. The van der Waals surface area contributed by atoms with Crippen molar-refractivity contribution in [3.8, 4) is 23.0 Å². The summed E-state index contributed by atoms with van der Waals surface area (Å²) in [6, 6.07) is 7.61. The Kier molecular flexibility index (Phi) is 8.17. The summed E-state index contributed by atoms with van der Waals surface area (Å²) in [6.45, 7) is 6.01. The summed E-state index contributed by atoms with van der Waals surface area (Å²) in [7, 11) is 2.92. The lowest BCUT2D eigenvalue weighted by Crippen LogP contribution is -2.41. The van der Waals surface area contributed by atoms with Crippen molar-refractivity contribution in [3.05, 3.63) is 46.5 Å². The maximum Gasteiger partial charge on any atom is 0.269 e. The normalized spacial score (nSPS) is 10.4. The SMILES string of the molecule is CCOc1ccc(C(=O)NNC(=O)c2cc(Cl)c(OC(C)C)c(OC)c2)cc1OC. The van der Waals surface area contributed by atoms with Crippen molar-refractivity contribution in [3.63, 3.8) is 0 Å². The van der Waals surface area contributed by atoms with Crippen LogP contribution in [-0.4, -0.2) is 38.7 Å². The highest BCUT2D eigenvalue weighted by Gasteiger charge is 2.18. The fraction of sp³-hybridized carbons (Fsp3) is 0.333. The Balaban J connectivity index is 2.11. The molecule has 0 fully saturated rings. The molecular formula is C21H25ClN2O6. The number of carbonyl (C=O) groups is 2. The molecule has 0 radical (unpaired) electrons. The van der Waals surface area contributed by atoms with Crippen LogP contribution < -0.4 is 29.8 Å². The van der Waals surface area contributed by atoms with Gasteiger partial charge in [-0.1, -0.05) is 11.6 Å². The van der Waals surface area contributed by atoms with E-state index in [-0.39, 0.29) is 22.3 Å². The quantitative estimate of drug-likeness (QED) is 0.614. The zero-order chi connectivity index (χ0) is 22.3. The Bertz CT molecular complexity index is 917. The van der Waals surface area contributed by atoms with Gasteiger partial charge in [0, 0.05) is 11.1 Å². The van der Waals surface area contributed by atoms with E-state index in [1.54, 1.807) is 12.1 Å². The van der Waals surface area contributed by atoms with Gasteiger partial charge in [-0.3, -0.25) is 20.4 Å². The summed E-state index contributed by atoms with van der Waals surface area (Å²) >= 11 is 6.24. The molecule has 0 spiro atoms. The Morgan fingerprint density at radius 3 is 2.10 bits per heavy atom. The molecule has 2 amide bonds. The number of hydrazine groups is 1. The van der Waals surface area contributed by atoms with E-state index in [1.165, 1.54) is 32.4 Å². The lowest BCUT2D eigenvalue weighted by atomic mass is 10.2. The number of benzene rings is 2. The van der Waals surface area contributed by atoms with E-state index >= 15 is 0 Å². The van der Waals surface area contributed by atoms with Crippen LogP contribution >= 0.6 is 11.6 Å². The number of nitrogens with one attached hydrogen (secondary N) is 2. The van der Waals surface area contributed by atoms with Crippen LogP contribution in [0.25, 0.3) is 0 Å². The summed E-state index contributed by atoms with van der Waals surface area (Å²) in [5.74, 6) is 0.486. The summed E-state index contributed by atoms with van der Waals surface area (Å²) < 4.78 is 21.5. The van der Waals surface area contributed by atoms with E-state index < -0.39 is 11.8 Å². The van der Waals surface area contributed by atoms with E-state index in [0.29, 0.717) is 29.6 Å². The molecule has 0 atom stereocenters. The van der Waals surface area contributed by atoms with Crippen molar-refractivity contribution in [2.45, 2.75) is 26.9 Å². The molecule has 9 heteroatoms. The van der Waals surface area contributed by atoms with Gasteiger partial charge < -0.3 is 18.9 Å². The van der Waals surface area contributed by atoms with Crippen LogP contribution in [0.2, 0.25) is 5.02 Å². The van der Waals surface area contributed by atoms with E-state index in [2.05, 4.69) is 10.9 Å². The van der Waals surface area contributed by atoms with Crippen molar-refractivity contribution in [2.24, 2.45) is 0 Å². The first kappa shape index (κ1) is 23.2. The van der Waals surface area contributed by atoms with Crippen LogP contribution in [0.4, 0.5) is 0 Å². The molecule has 0 aromatic heterocycles. The first-order chi connectivity index (χ1) is 14.3. The molecule has 30 heavy (non-hydrogen) atoms. The third-order valence-electron chi connectivity index (χ3n) is 3.86. The van der Waals surface area contributed by atoms with Gasteiger partial charge in [-0.05, 0) is 51.1 Å². The molecule has 0 aliphatic carbocycles. The first-order valence-electron chi connectivity index (χ1n) is 9.26. The zero-order valence-corrected chi connectivity index (χ0v) is 18.3. The Hall–Kier alpha value is -3.13. The van der Waals surface area contributed by atoms with Crippen LogP contribution in [0.3, 0.4) is 0 Å². The maximum absolute atomic E-state index is 12.5. The minimum absolute atomic E-state index is 0.124. The van der Waals surface area contributed by atoms with E-state index in [1.807, 2.05) is 20.8 Å². The van der Waals surface area contributed by atoms with Gasteiger partial charge >= 0.3 is 0 Å². The smallest absolute Gasteiger partial charge is 0.269 e. The summed E-state index contributed by atoms with van der Waals surface area (Å²) in [5.41, 5.74) is 5.18. The van der Waals surface area contributed by atoms with E-state index in [9.17, 15) is 9.59 Å². The number of ether oxygens (including phenoxy) is 4. The second-order valence-corrected chi connectivity index (χ2v) is 6.77. The van der Waals surface area contributed by atoms with Crippen molar-refractivity contribution < 1.29 is 28.5 Å². The third-order valence-corrected chi connectivity index (χ3v) is 4.14. The van der Waals surface area contributed by atoms with Crippen LogP contribution in [0, 0.1) is 0 Å². The molecule has 8 nitrogen and oxygen atoms in total. The van der Waals surface area contributed by atoms with Crippen molar-refractivity contribution in [1.29, 1.82) is 0 Å². The molecule has 2 aromatic rings. The highest BCUT2D eigenvalue weighted by molar-refractivity contribution is 6.32. The number of methoxy groups -OCH3 is 2. The largest absolute Gasteiger partial charge is 0.493 e. The topological polar surface area (TPSA) is 95.1 Å². The predicted octanol–water partition coefficient (Wildman–Crippen LogP) is 3.62. The van der Waals surface area contributed by atoms with Crippen LogP contribution in [0.1, 0.15) is 41.5 Å². The monoisotopic (exact) mass is 436 g/mol. The zero-order valence-electron chi connectivity index (χ0n) is 17.5. The molecule has 0 saturated heterocycles. The van der Waals surface area contributed by atoms with Gasteiger partial charge in [0.2, 0.25) is 0 Å². The number of amides is 2. The molecule has 0 saturated carbocycles. The predicted molar refractivity (Wildman–Crippen MR) is 113 cm³/mol. The second kappa shape index (κ2) is 10.6. The number of halogens is 1. The third kappa shape index (κ3) is 5.70. The summed E-state index contributed by atoms with van der Waals surface area (Å²) in [6.07, 6.45) is -0.124. The van der Waals surface area contributed by atoms with Crippen molar-refractivity contribution in [1.82, 2.24) is 10.9 Å². The van der Waals surface area contributed by atoms with Gasteiger partial charge in [0.15, 0.2) is 23.0 Å². The van der Waals surface area contributed by atoms with E-state index in [4.69, 9.17) is 30.5 Å². The fourth-order valence-electron chi connectivity index (χ4n) is 2.54. The molecule has 2 aromatic carbocycles. The average Bonchev–Trinajstić information content (AvgIpc) is 2.73. The minimum Gasteiger partial charge on any atom is -0.493 e. The minimum atomic E-state index is -0.572. The van der Waals surface area contributed by atoms with Crippen molar-refractivity contribution in [2.75, 3.05) is 20.8 Å². The van der Waals surface area contributed by atoms with Gasteiger partial charge in [0.05, 0.1) is 32.0 Å². The van der Waals surface area contributed by atoms with Crippen LogP contribution in [0.15, 0.2) is 30.3 Å². The molecule has 162 valence electrons. The lowest BCUT2D eigenvalue weighted by molar-refractivity contribution is 0.0846. The summed E-state index contributed by atoms with van der Waals surface area (Å²) in [5, 5.41) is 0.218. The number of hydrogen-bond acceptors (Lipinski definition) is 6. The molecule has 0 aliphatic heterocycles. The molecule has 0 heterocycles. The average molecular weight is 437 g/mol. The highest BCUT2D eigenvalue weighted by Crippen LogP contribution is 2.37. The summed E-state index contributed by atoms with van der Waals surface area (Å²) in [4.78, 5) is 24.9. The Morgan fingerprint density at radius 1 is 0.933 bits per heavy atom. The Labute approximate surface area is 180 Å². The molecule has 0 unspecified atom stereocenters. The molecule has 2 rings (SSSR count). The van der Waals surface area contributed by atoms with Gasteiger partial charge in [-0.25, -0.2) is 0 Å². The number of hydrogen-bond donors (Lipinski definition) is 2. The lowest BCUT2D eigenvalue weighted by Gasteiger charge is -2.16. The maximum atomic E-state index is 12.5. The van der Waals surface area contributed by atoms with Gasteiger partial charge in [0.1, 0.15) is 0 Å². The molecular weight excluding hydrogens is 412 g/mol. The number of rotatable bonds is 8. The van der Waals surface area contributed by atoms with Gasteiger partial charge in [-0.15, -0.1) is 0 Å². The van der Waals surface area contributed by atoms with Gasteiger partial charge in [-0.2, -0.15) is 0 Å². The Morgan fingerprint density at radius 2 is 1.53 bits per heavy atom. The van der Waals surface area contributed by atoms with Crippen molar-refractivity contribution >= 4 is 23.4 Å².